The van der Waals surface area contributed by atoms with E-state index in [1.807, 2.05) is 12.4 Å². The van der Waals surface area contributed by atoms with Crippen molar-refractivity contribution in [1.82, 2.24) is 14.5 Å². The van der Waals surface area contributed by atoms with Gasteiger partial charge >= 0.3 is 0 Å². The van der Waals surface area contributed by atoms with Crippen molar-refractivity contribution in [2.45, 2.75) is 45.6 Å². The Kier molecular flexibility index (Phi) is 4.25. The molecule has 4 heteroatoms. The summed E-state index contributed by atoms with van der Waals surface area (Å²) in [7, 11) is 0. The zero-order valence-corrected chi connectivity index (χ0v) is 12.8. The second-order valence-electron chi connectivity index (χ2n) is 5.96. The van der Waals surface area contributed by atoms with Gasteiger partial charge in [0.2, 0.25) is 0 Å². The van der Waals surface area contributed by atoms with Crippen LogP contribution in [0.1, 0.15) is 38.4 Å². The van der Waals surface area contributed by atoms with Crippen molar-refractivity contribution < 1.29 is 0 Å². The van der Waals surface area contributed by atoms with Gasteiger partial charge in [0, 0.05) is 25.0 Å². The summed E-state index contributed by atoms with van der Waals surface area (Å²) in [5.41, 5.74) is 2.20. The van der Waals surface area contributed by atoms with E-state index in [2.05, 4.69) is 22.5 Å². The Hall–Kier alpha value is -1.09. The highest BCUT2D eigenvalue weighted by Crippen LogP contribution is 2.32. The standard InChI is InChI=1S/C16H22ClN3/c1-12-4-2-3-5-13(12)11-20-15-7-9-18-10-14(15)19-16(20)6-8-17/h7,9-10,12-13H,2-6,8,11H2,1H3. The van der Waals surface area contributed by atoms with Crippen molar-refractivity contribution in [3.05, 3.63) is 24.3 Å². The zero-order chi connectivity index (χ0) is 13.9. The number of hydrogen-bond acceptors (Lipinski definition) is 2. The van der Waals surface area contributed by atoms with Crippen LogP contribution in [-0.2, 0) is 13.0 Å². The van der Waals surface area contributed by atoms with Crippen LogP contribution in [0.4, 0.5) is 0 Å². The summed E-state index contributed by atoms with van der Waals surface area (Å²) < 4.78 is 2.38. The second-order valence-corrected chi connectivity index (χ2v) is 6.34. The topological polar surface area (TPSA) is 30.7 Å². The third-order valence-corrected chi connectivity index (χ3v) is 4.84. The van der Waals surface area contributed by atoms with E-state index in [1.165, 1.54) is 31.2 Å². The predicted octanol–water partition coefficient (Wildman–Crippen LogP) is 4.04. The summed E-state index contributed by atoms with van der Waals surface area (Å²) in [5.74, 6) is 3.31. The van der Waals surface area contributed by atoms with E-state index in [9.17, 15) is 0 Å². The van der Waals surface area contributed by atoms with Gasteiger partial charge in [-0.05, 0) is 24.3 Å². The molecule has 3 rings (SSSR count). The summed E-state index contributed by atoms with van der Waals surface area (Å²) in [6, 6.07) is 2.08. The number of hydrogen-bond donors (Lipinski definition) is 0. The number of fused-ring (bicyclic) bond motifs is 1. The molecule has 0 aromatic carbocycles. The predicted molar refractivity (Wildman–Crippen MR) is 83.1 cm³/mol. The molecule has 2 unspecified atom stereocenters. The van der Waals surface area contributed by atoms with Crippen LogP contribution in [0.25, 0.3) is 11.0 Å². The number of imidazole rings is 1. The average Bonchev–Trinajstić information content (AvgIpc) is 2.80. The Labute approximate surface area is 125 Å². The van der Waals surface area contributed by atoms with Gasteiger partial charge in [0.25, 0.3) is 0 Å². The third-order valence-electron chi connectivity index (χ3n) is 4.65. The maximum absolute atomic E-state index is 5.94. The van der Waals surface area contributed by atoms with Crippen molar-refractivity contribution in [1.29, 1.82) is 0 Å². The lowest BCUT2D eigenvalue weighted by Gasteiger charge is -2.29. The number of alkyl halides is 1. The van der Waals surface area contributed by atoms with Gasteiger partial charge in [0.15, 0.2) is 0 Å². The first-order valence-electron chi connectivity index (χ1n) is 7.64. The molecule has 0 amide bonds. The minimum absolute atomic E-state index is 0.622. The van der Waals surface area contributed by atoms with Crippen molar-refractivity contribution in [3.8, 4) is 0 Å². The van der Waals surface area contributed by atoms with Crippen molar-refractivity contribution in [3.63, 3.8) is 0 Å². The number of rotatable bonds is 4. The molecular weight excluding hydrogens is 270 g/mol. The molecule has 108 valence electrons. The molecule has 1 saturated carbocycles. The fraction of sp³-hybridized carbons (Fsp3) is 0.625. The summed E-state index contributed by atoms with van der Waals surface area (Å²) in [6.45, 7) is 3.47. The van der Waals surface area contributed by atoms with Crippen LogP contribution < -0.4 is 0 Å². The Morgan fingerprint density at radius 3 is 3.00 bits per heavy atom. The zero-order valence-electron chi connectivity index (χ0n) is 12.1. The Balaban J connectivity index is 1.93. The van der Waals surface area contributed by atoms with Crippen molar-refractivity contribution in [2.75, 3.05) is 5.88 Å². The number of aryl methyl sites for hydroxylation is 1. The van der Waals surface area contributed by atoms with E-state index in [4.69, 9.17) is 16.6 Å². The van der Waals surface area contributed by atoms with Gasteiger partial charge in [0.05, 0.1) is 11.7 Å². The molecule has 2 aromatic heterocycles. The van der Waals surface area contributed by atoms with Gasteiger partial charge in [-0.3, -0.25) is 4.98 Å². The van der Waals surface area contributed by atoms with Gasteiger partial charge in [-0.15, -0.1) is 11.6 Å². The van der Waals surface area contributed by atoms with Gasteiger partial charge in [-0.25, -0.2) is 4.98 Å². The highest BCUT2D eigenvalue weighted by atomic mass is 35.5. The minimum Gasteiger partial charge on any atom is -0.328 e. The number of halogens is 1. The molecule has 0 spiro atoms. The first kappa shape index (κ1) is 13.9. The van der Waals surface area contributed by atoms with Gasteiger partial charge in [-0.2, -0.15) is 0 Å². The maximum Gasteiger partial charge on any atom is 0.111 e. The molecular formula is C16H22ClN3. The summed E-state index contributed by atoms with van der Waals surface area (Å²) in [4.78, 5) is 8.89. The monoisotopic (exact) mass is 291 g/mol. The molecule has 1 aliphatic rings. The van der Waals surface area contributed by atoms with E-state index >= 15 is 0 Å². The average molecular weight is 292 g/mol. The van der Waals surface area contributed by atoms with Crippen molar-refractivity contribution in [2.24, 2.45) is 11.8 Å². The summed E-state index contributed by atoms with van der Waals surface area (Å²) in [6.07, 6.45) is 10.0. The number of nitrogens with zero attached hydrogens (tertiary/aromatic N) is 3. The smallest absolute Gasteiger partial charge is 0.111 e. The van der Waals surface area contributed by atoms with E-state index in [0.717, 1.165) is 36.1 Å². The van der Waals surface area contributed by atoms with Crippen LogP contribution in [0.5, 0.6) is 0 Å². The normalized spacial score (nSPS) is 23.3. The van der Waals surface area contributed by atoms with Gasteiger partial charge in [-0.1, -0.05) is 26.2 Å². The molecule has 0 bridgehead atoms. The lowest BCUT2D eigenvalue weighted by molar-refractivity contribution is 0.229. The molecule has 20 heavy (non-hydrogen) atoms. The molecule has 0 aliphatic heterocycles. The highest BCUT2D eigenvalue weighted by Gasteiger charge is 2.23. The largest absolute Gasteiger partial charge is 0.328 e. The second kappa shape index (κ2) is 6.13. The molecule has 0 saturated heterocycles. The Morgan fingerprint density at radius 2 is 2.20 bits per heavy atom. The summed E-state index contributed by atoms with van der Waals surface area (Å²) >= 11 is 5.94. The van der Waals surface area contributed by atoms with E-state index < -0.39 is 0 Å². The van der Waals surface area contributed by atoms with Crippen molar-refractivity contribution >= 4 is 22.6 Å². The molecule has 0 N–H and O–H groups in total. The number of pyridine rings is 1. The minimum atomic E-state index is 0.622. The Bertz CT molecular complexity index is 578. The molecule has 3 nitrogen and oxygen atoms in total. The first-order chi connectivity index (χ1) is 9.79. The van der Waals surface area contributed by atoms with Crippen LogP contribution in [0.3, 0.4) is 0 Å². The van der Waals surface area contributed by atoms with Crippen LogP contribution >= 0.6 is 11.6 Å². The van der Waals surface area contributed by atoms with Crippen LogP contribution in [-0.4, -0.2) is 20.4 Å². The fourth-order valence-corrected chi connectivity index (χ4v) is 3.58. The van der Waals surface area contributed by atoms with Gasteiger partial charge < -0.3 is 4.57 Å². The van der Waals surface area contributed by atoms with E-state index in [-0.39, 0.29) is 0 Å². The van der Waals surface area contributed by atoms with E-state index in [0.29, 0.717) is 5.88 Å². The van der Waals surface area contributed by atoms with Gasteiger partial charge in [0.1, 0.15) is 11.3 Å². The quantitative estimate of drug-likeness (QED) is 0.796. The summed E-state index contributed by atoms with van der Waals surface area (Å²) in [5, 5.41) is 0. The lowest BCUT2D eigenvalue weighted by atomic mass is 9.80. The Morgan fingerprint density at radius 1 is 1.35 bits per heavy atom. The molecule has 0 radical (unpaired) electrons. The fourth-order valence-electron chi connectivity index (χ4n) is 3.41. The number of aromatic nitrogens is 3. The van der Waals surface area contributed by atoms with Crippen LogP contribution in [0.15, 0.2) is 18.5 Å². The highest BCUT2D eigenvalue weighted by molar-refractivity contribution is 6.17. The van der Waals surface area contributed by atoms with Crippen LogP contribution in [0.2, 0.25) is 0 Å². The SMILES string of the molecule is CC1CCCCC1Cn1c(CCCl)nc2cnccc21. The molecule has 2 aromatic rings. The molecule has 1 aliphatic carbocycles. The first-order valence-corrected chi connectivity index (χ1v) is 8.18. The molecule has 2 atom stereocenters. The van der Waals surface area contributed by atoms with E-state index in [1.54, 1.807) is 0 Å². The molecule has 2 heterocycles. The lowest BCUT2D eigenvalue weighted by Crippen LogP contribution is -2.23. The van der Waals surface area contributed by atoms with Crippen LogP contribution in [0, 0.1) is 11.8 Å². The molecule has 1 fully saturated rings. The third kappa shape index (κ3) is 2.69. The maximum atomic E-state index is 5.94.